The average Bonchev–Trinajstić information content (AvgIpc) is 3.20. The summed E-state index contributed by atoms with van der Waals surface area (Å²) in [5, 5.41) is 6.69. The van der Waals surface area contributed by atoms with Gasteiger partial charge >= 0.3 is 0 Å². The highest BCUT2D eigenvalue weighted by Gasteiger charge is 2.43. The van der Waals surface area contributed by atoms with Crippen molar-refractivity contribution in [2.45, 2.75) is 31.1 Å². The summed E-state index contributed by atoms with van der Waals surface area (Å²) < 4.78 is 0. The van der Waals surface area contributed by atoms with E-state index in [2.05, 4.69) is 10.6 Å². The van der Waals surface area contributed by atoms with Crippen molar-refractivity contribution >= 4 is 34.8 Å². The molecule has 1 heterocycles. The number of benzene rings is 2. The van der Waals surface area contributed by atoms with Gasteiger partial charge in [-0.1, -0.05) is 48.7 Å². The molecule has 6 heteroatoms. The van der Waals surface area contributed by atoms with Crippen molar-refractivity contribution in [3.63, 3.8) is 0 Å². The number of carbonyl (C=O) groups is 2. The predicted octanol–water partition coefficient (Wildman–Crippen LogP) is 3.73. The van der Waals surface area contributed by atoms with E-state index in [-0.39, 0.29) is 11.8 Å². The van der Waals surface area contributed by atoms with Crippen molar-refractivity contribution in [1.29, 1.82) is 0 Å². The highest BCUT2D eigenvalue weighted by molar-refractivity contribution is 6.30. The van der Waals surface area contributed by atoms with Gasteiger partial charge < -0.3 is 15.5 Å². The second kappa shape index (κ2) is 7.84. The lowest BCUT2D eigenvalue weighted by Gasteiger charge is -2.32. The third kappa shape index (κ3) is 3.59. The standard InChI is InChI=1S/C22H24ClN3O2/c23-17-9-7-16(8-10-17)22(11-3-4-12-22)21(28)25-18-5-1-2-6-19(18)26-14-13-24-20(27)15-26/h1-2,5-10H,3-4,11-15H2,(H,24,27)(H,25,28). The van der Waals surface area contributed by atoms with Crippen LogP contribution in [0.25, 0.3) is 0 Å². The van der Waals surface area contributed by atoms with Gasteiger partial charge in [-0.05, 0) is 42.7 Å². The van der Waals surface area contributed by atoms with Gasteiger partial charge in [-0.15, -0.1) is 0 Å². The van der Waals surface area contributed by atoms with Gasteiger partial charge in [0.05, 0.1) is 23.3 Å². The Morgan fingerprint density at radius 3 is 2.50 bits per heavy atom. The van der Waals surface area contributed by atoms with Crippen LogP contribution in [0.1, 0.15) is 31.2 Å². The molecule has 2 aromatic carbocycles. The monoisotopic (exact) mass is 397 g/mol. The van der Waals surface area contributed by atoms with Crippen LogP contribution in [-0.2, 0) is 15.0 Å². The maximum atomic E-state index is 13.5. The van der Waals surface area contributed by atoms with Crippen molar-refractivity contribution in [3.8, 4) is 0 Å². The smallest absolute Gasteiger partial charge is 0.239 e. The summed E-state index contributed by atoms with van der Waals surface area (Å²) >= 11 is 6.05. The minimum atomic E-state index is -0.531. The number of halogens is 1. The van der Waals surface area contributed by atoms with E-state index in [9.17, 15) is 9.59 Å². The van der Waals surface area contributed by atoms with E-state index in [0.717, 1.165) is 49.2 Å². The lowest BCUT2D eigenvalue weighted by molar-refractivity contribution is -0.121. The Morgan fingerprint density at radius 2 is 1.79 bits per heavy atom. The van der Waals surface area contributed by atoms with Crippen molar-refractivity contribution in [2.24, 2.45) is 0 Å². The van der Waals surface area contributed by atoms with Crippen molar-refractivity contribution < 1.29 is 9.59 Å². The molecule has 0 bridgehead atoms. The van der Waals surface area contributed by atoms with Crippen LogP contribution in [0.5, 0.6) is 0 Å². The summed E-state index contributed by atoms with van der Waals surface area (Å²) in [6, 6.07) is 15.3. The van der Waals surface area contributed by atoms with Crippen LogP contribution in [0.15, 0.2) is 48.5 Å². The Morgan fingerprint density at radius 1 is 1.07 bits per heavy atom. The van der Waals surface area contributed by atoms with E-state index in [4.69, 9.17) is 11.6 Å². The molecule has 1 aliphatic heterocycles. The second-order valence-electron chi connectivity index (χ2n) is 7.54. The lowest BCUT2D eigenvalue weighted by Crippen LogP contribution is -2.48. The molecule has 2 amide bonds. The van der Waals surface area contributed by atoms with Gasteiger partial charge in [-0.3, -0.25) is 9.59 Å². The molecule has 0 spiro atoms. The Balaban J connectivity index is 1.62. The molecule has 0 aromatic heterocycles. The first kappa shape index (κ1) is 18.8. The number of piperazine rings is 1. The summed E-state index contributed by atoms with van der Waals surface area (Å²) in [6.07, 6.45) is 3.72. The van der Waals surface area contributed by atoms with Gasteiger partial charge in [0.25, 0.3) is 0 Å². The minimum absolute atomic E-state index is 0.000747. The van der Waals surface area contributed by atoms with E-state index in [0.29, 0.717) is 18.1 Å². The molecule has 2 fully saturated rings. The van der Waals surface area contributed by atoms with Crippen LogP contribution >= 0.6 is 11.6 Å². The van der Waals surface area contributed by atoms with Gasteiger partial charge in [0.15, 0.2) is 0 Å². The Labute approximate surface area is 170 Å². The number of hydrogen-bond acceptors (Lipinski definition) is 3. The zero-order valence-corrected chi connectivity index (χ0v) is 16.5. The highest BCUT2D eigenvalue weighted by Crippen LogP contribution is 2.43. The van der Waals surface area contributed by atoms with Crippen LogP contribution in [0.2, 0.25) is 5.02 Å². The molecule has 0 radical (unpaired) electrons. The Hall–Kier alpha value is -2.53. The van der Waals surface area contributed by atoms with E-state index in [1.54, 1.807) is 0 Å². The van der Waals surface area contributed by atoms with Gasteiger partial charge in [-0.25, -0.2) is 0 Å². The zero-order chi connectivity index (χ0) is 19.6. The molecule has 2 N–H and O–H groups in total. The summed E-state index contributed by atoms with van der Waals surface area (Å²) in [7, 11) is 0. The van der Waals surface area contributed by atoms with Gasteiger partial charge in [-0.2, -0.15) is 0 Å². The molecule has 28 heavy (non-hydrogen) atoms. The van der Waals surface area contributed by atoms with Gasteiger partial charge in [0.2, 0.25) is 11.8 Å². The first-order valence-corrected chi connectivity index (χ1v) is 10.1. The van der Waals surface area contributed by atoms with Crippen molar-refractivity contribution in [2.75, 3.05) is 29.9 Å². The van der Waals surface area contributed by atoms with Crippen LogP contribution < -0.4 is 15.5 Å². The fourth-order valence-corrected chi connectivity index (χ4v) is 4.46. The number of amides is 2. The minimum Gasteiger partial charge on any atom is -0.359 e. The fourth-order valence-electron chi connectivity index (χ4n) is 4.34. The Bertz CT molecular complexity index is 876. The predicted molar refractivity (Wildman–Crippen MR) is 112 cm³/mol. The molecule has 5 nitrogen and oxygen atoms in total. The number of nitrogens with one attached hydrogen (secondary N) is 2. The van der Waals surface area contributed by atoms with E-state index in [1.165, 1.54) is 0 Å². The molecule has 146 valence electrons. The van der Waals surface area contributed by atoms with Gasteiger partial charge in [0, 0.05) is 18.1 Å². The van der Waals surface area contributed by atoms with Crippen molar-refractivity contribution in [1.82, 2.24) is 5.32 Å². The maximum absolute atomic E-state index is 13.5. The molecule has 1 aliphatic carbocycles. The van der Waals surface area contributed by atoms with Crippen LogP contribution in [0.3, 0.4) is 0 Å². The molecule has 2 aromatic rings. The summed E-state index contributed by atoms with van der Waals surface area (Å²) in [6.45, 7) is 1.63. The summed E-state index contributed by atoms with van der Waals surface area (Å²) in [5.74, 6) is 0.0158. The highest BCUT2D eigenvalue weighted by atomic mass is 35.5. The third-order valence-corrected chi connectivity index (χ3v) is 6.07. The Kier molecular flexibility index (Phi) is 5.27. The normalized spacial score (nSPS) is 18.6. The van der Waals surface area contributed by atoms with Crippen LogP contribution in [0.4, 0.5) is 11.4 Å². The summed E-state index contributed by atoms with van der Waals surface area (Å²) in [5.41, 5.74) is 2.12. The number of anilines is 2. The third-order valence-electron chi connectivity index (χ3n) is 5.82. The SMILES string of the molecule is O=C1CN(c2ccccc2NC(=O)C2(c3ccc(Cl)cc3)CCCC2)CCN1. The number of para-hydroxylation sites is 2. The van der Waals surface area contributed by atoms with E-state index >= 15 is 0 Å². The number of carbonyl (C=O) groups excluding carboxylic acids is 2. The molecular formula is C22H24ClN3O2. The second-order valence-corrected chi connectivity index (χ2v) is 7.98. The first-order chi connectivity index (χ1) is 13.6. The topological polar surface area (TPSA) is 61.4 Å². The quantitative estimate of drug-likeness (QED) is 0.826. The molecule has 2 aliphatic rings. The number of nitrogens with zero attached hydrogens (tertiary/aromatic N) is 1. The lowest BCUT2D eigenvalue weighted by atomic mass is 9.78. The van der Waals surface area contributed by atoms with Crippen LogP contribution in [-0.4, -0.2) is 31.4 Å². The largest absolute Gasteiger partial charge is 0.359 e. The van der Waals surface area contributed by atoms with Crippen LogP contribution in [0, 0.1) is 0 Å². The number of rotatable bonds is 4. The molecule has 0 atom stereocenters. The molecule has 0 unspecified atom stereocenters. The first-order valence-electron chi connectivity index (χ1n) is 9.77. The average molecular weight is 398 g/mol. The van der Waals surface area contributed by atoms with E-state index < -0.39 is 5.41 Å². The summed E-state index contributed by atoms with van der Waals surface area (Å²) in [4.78, 5) is 27.3. The van der Waals surface area contributed by atoms with Gasteiger partial charge in [0.1, 0.15) is 0 Å². The fraction of sp³-hybridized carbons (Fsp3) is 0.364. The molecule has 4 rings (SSSR count). The zero-order valence-electron chi connectivity index (χ0n) is 15.7. The molecule has 1 saturated carbocycles. The van der Waals surface area contributed by atoms with Crippen molar-refractivity contribution in [3.05, 3.63) is 59.1 Å². The molecule has 1 saturated heterocycles. The van der Waals surface area contributed by atoms with E-state index in [1.807, 2.05) is 53.4 Å². The maximum Gasteiger partial charge on any atom is 0.239 e. The number of hydrogen-bond donors (Lipinski definition) is 2. The molecular weight excluding hydrogens is 374 g/mol.